The highest BCUT2D eigenvalue weighted by atomic mass is 15.6. The van der Waals surface area contributed by atoms with E-state index in [4.69, 9.17) is 0 Å². The monoisotopic (exact) mass is 229 g/mol. The molecule has 0 aliphatic carbocycles. The van der Waals surface area contributed by atoms with E-state index >= 15 is 0 Å². The van der Waals surface area contributed by atoms with Crippen LogP contribution < -0.4 is 5.32 Å². The van der Waals surface area contributed by atoms with Gasteiger partial charge in [-0.1, -0.05) is 30.3 Å². The lowest BCUT2D eigenvalue weighted by Crippen LogP contribution is -2.27. The molecule has 1 unspecified atom stereocenters. The summed E-state index contributed by atoms with van der Waals surface area (Å²) in [4.78, 5) is 1.69. The Hall–Kier alpha value is -1.75. The summed E-state index contributed by atoms with van der Waals surface area (Å²) in [5, 5.41) is 16.0. The zero-order chi connectivity index (χ0) is 11.5. The normalized spacial score (nSPS) is 19.6. The predicted octanol–water partition coefficient (Wildman–Crippen LogP) is 1.09. The Morgan fingerprint density at radius 1 is 1.29 bits per heavy atom. The molecule has 0 bridgehead atoms. The number of hydrogen-bond acceptors (Lipinski definition) is 4. The molecule has 1 aromatic heterocycles. The summed E-state index contributed by atoms with van der Waals surface area (Å²) < 4.78 is 0. The Kier molecular flexibility index (Phi) is 2.83. The Labute approximate surface area is 99.8 Å². The fourth-order valence-corrected chi connectivity index (χ4v) is 2.13. The number of nitrogens with one attached hydrogen (secondary N) is 1. The van der Waals surface area contributed by atoms with E-state index in [0.29, 0.717) is 11.9 Å². The van der Waals surface area contributed by atoms with E-state index in [1.165, 1.54) is 12.8 Å². The summed E-state index contributed by atoms with van der Waals surface area (Å²) in [5.74, 6) is 0.698. The lowest BCUT2D eigenvalue weighted by molar-refractivity contribution is 0.429. The largest absolute Gasteiger partial charge is 0.312 e. The van der Waals surface area contributed by atoms with Crippen LogP contribution in [0.2, 0.25) is 0 Å². The highest BCUT2D eigenvalue weighted by molar-refractivity contribution is 5.52. The third-order valence-electron chi connectivity index (χ3n) is 3.03. The summed E-state index contributed by atoms with van der Waals surface area (Å²) in [5.41, 5.74) is 1.01. The first-order chi connectivity index (χ1) is 8.42. The van der Waals surface area contributed by atoms with Crippen molar-refractivity contribution in [3.63, 3.8) is 0 Å². The minimum absolute atomic E-state index is 0.493. The number of tetrazole rings is 1. The molecular formula is C12H15N5. The van der Waals surface area contributed by atoms with E-state index in [1.807, 2.05) is 30.3 Å². The predicted molar refractivity (Wildman–Crippen MR) is 64.3 cm³/mol. The second-order valence-corrected chi connectivity index (χ2v) is 4.33. The molecule has 1 fully saturated rings. The number of rotatable bonds is 3. The molecule has 88 valence electrons. The van der Waals surface area contributed by atoms with E-state index in [-0.39, 0.29) is 0 Å². The maximum absolute atomic E-state index is 4.40. The molecule has 1 aliphatic heterocycles. The van der Waals surface area contributed by atoms with Crippen molar-refractivity contribution < 1.29 is 0 Å². The summed E-state index contributed by atoms with van der Waals surface area (Å²) >= 11 is 0. The molecule has 1 aliphatic rings. The van der Waals surface area contributed by atoms with Crippen LogP contribution >= 0.6 is 0 Å². The molecule has 5 nitrogen and oxygen atoms in total. The van der Waals surface area contributed by atoms with Gasteiger partial charge in [0.1, 0.15) is 0 Å². The molecule has 2 heterocycles. The van der Waals surface area contributed by atoms with Crippen molar-refractivity contribution in [3.8, 4) is 11.4 Å². The minimum atomic E-state index is 0.493. The minimum Gasteiger partial charge on any atom is -0.312 e. The third-order valence-corrected chi connectivity index (χ3v) is 3.03. The Bertz CT molecular complexity index is 473. The molecule has 5 heteroatoms. The van der Waals surface area contributed by atoms with Crippen LogP contribution in [0.15, 0.2) is 30.3 Å². The van der Waals surface area contributed by atoms with Crippen LogP contribution in [-0.4, -0.2) is 32.8 Å². The topological polar surface area (TPSA) is 55.6 Å². The van der Waals surface area contributed by atoms with Crippen molar-refractivity contribution in [1.29, 1.82) is 0 Å². The molecule has 0 amide bonds. The lowest BCUT2D eigenvalue weighted by atomic mass is 10.2. The van der Waals surface area contributed by atoms with Crippen LogP contribution in [0.4, 0.5) is 0 Å². The first kappa shape index (κ1) is 10.4. The van der Waals surface area contributed by atoms with Crippen molar-refractivity contribution >= 4 is 0 Å². The molecule has 2 aromatic rings. The maximum Gasteiger partial charge on any atom is 0.204 e. The van der Waals surface area contributed by atoms with Gasteiger partial charge in [0.05, 0.1) is 6.54 Å². The second-order valence-electron chi connectivity index (χ2n) is 4.33. The molecule has 0 spiro atoms. The van der Waals surface area contributed by atoms with Crippen LogP contribution in [0, 0.1) is 0 Å². The first-order valence-corrected chi connectivity index (χ1v) is 5.98. The van der Waals surface area contributed by atoms with E-state index in [1.54, 1.807) is 4.80 Å². The van der Waals surface area contributed by atoms with Gasteiger partial charge in [0.25, 0.3) is 0 Å². The third kappa shape index (κ3) is 2.34. The zero-order valence-electron chi connectivity index (χ0n) is 9.58. The summed E-state index contributed by atoms with van der Waals surface area (Å²) in [6.45, 7) is 1.91. The van der Waals surface area contributed by atoms with Crippen molar-refractivity contribution in [3.05, 3.63) is 30.3 Å². The lowest BCUT2D eigenvalue weighted by Gasteiger charge is -2.07. The molecule has 0 radical (unpaired) electrons. The van der Waals surface area contributed by atoms with Gasteiger partial charge in [-0.2, -0.15) is 4.80 Å². The van der Waals surface area contributed by atoms with E-state index in [0.717, 1.165) is 18.7 Å². The molecule has 1 saturated heterocycles. The molecule has 3 rings (SSSR count). The second kappa shape index (κ2) is 4.63. The maximum atomic E-state index is 4.40. The fraction of sp³-hybridized carbons (Fsp3) is 0.417. The Balaban J connectivity index is 1.74. The van der Waals surface area contributed by atoms with Crippen LogP contribution in [0.3, 0.4) is 0 Å². The van der Waals surface area contributed by atoms with E-state index in [2.05, 4.69) is 20.7 Å². The molecule has 17 heavy (non-hydrogen) atoms. The number of hydrogen-bond donors (Lipinski definition) is 1. The molecular weight excluding hydrogens is 214 g/mol. The summed E-state index contributed by atoms with van der Waals surface area (Å²) in [6, 6.07) is 10.4. The van der Waals surface area contributed by atoms with Crippen LogP contribution in [0.25, 0.3) is 11.4 Å². The van der Waals surface area contributed by atoms with Gasteiger partial charge in [-0.3, -0.25) is 0 Å². The Morgan fingerprint density at radius 2 is 2.18 bits per heavy atom. The smallest absolute Gasteiger partial charge is 0.204 e. The van der Waals surface area contributed by atoms with Gasteiger partial charge in [0, 0.05) is 11.6 Å². The van der Waals surface area contributed by atoms with Crippen LogP contribution in [-0.2, 0) is 6.54 Å². The van der Waals surface area contributed by atoms with Gasteiger partial charge < -0.3 is 5.32 Å². The number of benzene rings is 1. The van der Waals surface area contributed by atoms with E-state index < -0.39 is 0 Å². The van der Waals surface area contributed by atoms with Crippen LogP contribution in [0.1, 0.15) is 12.8 Å². The Morgan fingerprint density at radius 3 is 2.94 bits per heavy atom. The molecule has 1 atom stereocenters. The zero-order valence-corrected chi connectivity index (χ0v) is 9.58. The first-order valence-electron chi connectivity index (χ1n) is 5.98. The average molecular weight is 229 g/mol. The SMILES string of the molecule is c1ccc(-c2nnn(CC3CCCN3)n2)cc1. The van der Waals surface area contributed by atoms with Crippen molar-refractivity contribution in [2.45, 2.75) is 25.4 Å². The highest BCUT2D eigenvalue weighted by Crippen LogP contribution is 2.12. The van der Waals surface area contributed by atoms with Crippen LogP contribution in [0.5, 0.6) is 0 Å². The van der Waals surface area contributed by atoms with Gasteiger partial charge in [-0.25, -0.2) is 0 Å². The number of nitrogens with zero attached hydrogens (tertiary/aromatic N) is 4. The standard InChI is InChI=1S/C12H15N5/c1-2-5-10(6-3-1)12-14-16-17(15-12)9-11-7-4-8-13-11/h1-3,5-6,11,13H,4,7-9H2. The van der Waals surface area contributed by atoms with Gasteiger partial charge in [0.2, 0.25) is 5.82 Å². The summed E-state index contributed by atoms with van der Waals surface area (Å²) in [6.07, 6.45) is 2.44. The van der Waals surface area contributed by atoms with Crippen molar-refractivity contribution in [1.82, 2.24) is 25.5 Å². The number of aromatic nitrogens is 4. The quantitative estimate of drug-likeness (QED) is 0.856. The van der Waals surface area contributed by atoms with Gasteiger partial charge >= 0.3 is 0 Å². The fourth-order valence-electron chi connectivity index (χ4n) is 2.13. The van der Waals surface area contributed by atoms with Gasteiger partial charge in [0.15, 0.2) is 0 Å². The molecule has 0 saturated carbocycles. The molecule has 1 aromatic carbocycles. The molecule has 1 N–H and O–H groups in total. The van der Waals surface area contributed by atoms with Crippen molar-refractivity contribution in [2.75, 3.05) is 6.54 Å². The van der Waals surface area contributed by atoms with Gasteiger partial charge in [-0.05, 0) is 24.6 Å². The highest BCUT2D eigenvalue weighted by Gasteiger charge is 2.16. The summed E-state index contributed by atoms with van der Waals surface area (Å²) in [7, 11) is 0. The van der Waals surface area contributed by atoms with Crippen molar-refractivity contribution in [2.24, 2.45) is 0 Å². The van der Waals surface area contributed by atoms with Gasteiger partial charge in [-0.15, -0.1) is 10.2 Å². The average Bonchev–Trinajstić information content (AvgIpc) is 3.02. The van der Waals surface area contributed by atoms with E-state index in [9.17, 15) is 0 Å².